The first-order chi connectivity index (χ1) is 10.2. The van der Waals surface area contributed by atoms with E-state index in [2.05, 4.69) is 19.9 Å². The highest BCUT2D eigenvalue weighted by atomic mass is 32.1. The molecule has 2 N–H and O–H groups in total. The minimum absolute atomic E-state index is 0.173. The summed E-state index contributed by atoms with van der Waals surface area (Å²) in [5.74, 6) is 0.750. The van der Waals surface area contributed by atoms with Crippen LogP contribution in [0.15, 0.2) is 24.3 Å². The van der Waals surface area contributed by atoms with Crippen molar-refractivity contribution in [2.45, 2.75) is 19.8 Å². The number of nitrogens with zero attached hydrogens (tertiary/aromatic N) is 4. The van der Waals surface area contributed by atoms with E-state index >= 15 is 0 Å². The molecule has 0 aliphatic heterocycles. The number of rotatable bonds is 5. The van der Waals surface area contributed by atoms with Crippen LogP contribution in [0.2, 0.25) is 0 Å². The minimum Gasteiger partial charge on any atom is -0.463 e. The number of hydrogen-bond donors (Lipinski definition) is 1. The molecule has 2 aromatic heterocycles. The van der Waals surface area contributed by atoms with Gasteiger partial charge in [-0.15, -0.1) is 11.3 Å². The van der Waals surface area contributed by atoms with Crippen molar-refractivity contribution in [3.8, 4) is 6.01 Å². The molecule has 7 heteroatoms. The Hall–Kier alpha value is -2.28. The Labute approximate surface area is 126 Å². The highest BCUT2D eigenvalue weighted by Crippen LogP contribution is 2.23. The standard InChI is InChI=1S/C14H15N5OS/c1-2-7-20-14-18-11(17-13(15)19-14)8-12-16-9-5-3-4-6-10(9)21-12/h3-6H,2,7-8H2,1H3,(H2,15,17,18,19). The quantitative estimate of drug-likeness (QED) is 0.779. The van der Waals surface area contributed by atoms with Crippen LogP contribution in [0, 0.1) is 0 Å². The van der Waals surface area contributed by atoms with Crippen LogP contribution in [0.3, 0.4) is 0 Å². The molecule has 3 rings (SSSR count). The number of anilines is 1. The molecule has 0 saturated carbocycles. The lowest BCUT2D eigenvalue weighted by atomic mass is 10.3. The molecule has 0 atom stereocenters. The maximum atomic E-state index is 5.70. The number of benzene rings is 1. The van der Waals surface area contributed by atoms with Crippen LogP contribution in [0.5, 0.6) is 6.01 Å². The number of hydrogen-bond acceptors (Lipinski definition) is 7. The molecule has 6 nitrogen and oxygen atoms in total. The molecule has 2 heterocycles. The third-order valence-corrected chi connectivity index (χ3v) is 3.80. The molecule has 0 spiro atoms. The SMILES string of the molecule is CCCOc1nc(N)nc(Cc2nc3ccccc3s2)n1. The van der Waals surface area contributed by atoms with Gasteiger partial charge in [-0.1, -0.05) is 19.1 Å². The lowest BCUT2D eigenvalue weighted by molar-refractivity contribution is 0.290. The average Bonchev–Trinajstić information content (AvgIpc) is 2.86. The van der Waals surface area contributed by atoms with Gasteiger partial charge in [0.25, 0.3) is 0 Å². The predicted molar refractivity (Wildman–Crippen MR) is 82.5 cm³/mol. The van der Waals surface area contributed by atoms with Gasteiger partial charge in [0.15, 0.2) is 0 Å². The molecule has 0 amide bonds. The van der Waals surface area contributed by atoms with Gasteiger partial charge in [0.05, 0.1) is 23.2 Å². The largest absolute Gasteiger partial charge is 0.463 e. The smallest absolute Gasteiger partial charge is 0.321 e. The monoisotopic (exact) mass is 301 g/mol. The van der Waals surface area contributed by atoms with Crippen molar-refractivity contribution in [2.75, 3.05) is 12.3 Å². The number of ether oxygens (including phenoxy) is 1. The van der Waals surface area contributed by atoms with Crippen LogP contribution in [0.25, 0.3) is 10.2 Å². The van der Waals surface area contributed by atoms with E-state index in [-0.39, 0.29) is 12.0 Å². The number of thiazole rings is 1. The van der Waals surface area contributed by atoms with Crippen LogP contribution < -0.4 is 10.5 Å². The summed E-state index contributed by atoms with van der Waals surface area (Å²) in [4.78, 5) is 17.0. The van der Waals surface area contributed by atoms with Gasteiger partial charge < -0.3 is 10.5 Å². The molecule has 21 heavy (non-hydrogen) atoms. The van der Waals surface area contributed by atoms with Gasteiger partial charge in [-0.2, -0.15) is 15.0 Å². The lowest BCUT2D eigenvalue weighted by Crippen LogP contribution is -2.08. The molecular formula is C14H15N5OS. The zero-order valence-corrected chi connectivity index (χ0v) is 12.4. The highest BCUT2D eigenvalue weighted by Gasteiger charge is 2.10. The lowest BCUT2D eigenvalue weighted by Gasteiger charge is -2.04. The van der Waals surface area contributed by atoms with Gasteiger partial charge in [-0.25, -0.2) is 4.98 Å². The topological polar surface area (TPSA) is 86.8 Å². The number of fused-ring (bicyclic) bond motifs is 1. The van der Waals surface area contributed by atoms with Crippen molar-refractivity contribution in [2.24, 2.45) is 0 Å². The van der Waals surface area contributed by atoms with Crippen molar-refractivity contribution in [1.29, 1.82) is 0 Å². The summed E-state index contributed by atoms with van der Waals surface area (Å²) in [6.45, 7) is 2.58. The van der Waals surface area contributed by atoms with E-state index in [1.807, 2.05) is 31.2 Å². The fraction of sp³-hybridized carbons (Fsp3) is 0.286. The minimum atomic E-state index is 0.173. The van der Waals surface area contributed by atoms with E-state index < -0.39 is 0 Å². The van der Waals surface area contributed by atoms with E-state index in [1.165, 1.54) is 0 Å². The number of nitrogen functional groups attached to an aromatic ring is 1. The first-order valence-corrected chi connectivity index (χ1v) is 7.54. The summed E-state index contributed by atoms with van der Waals surface area (Å²) in [5.41, 5.74) is 6.69. The van der Waals surface area contributed by atoms with E-state index in [0.29, 0.717) is 18.9 Å². The Bertz CT molecular complexity index is 725. The molecule has 108 valence electrons. The Kier molecular flexibility index (Phi) is 3.92. The summed E-state index contributed by atoms with van der Waals surface area (Å²) in [7, 11) is 0. The van der Waals surface area contributed by atoms with Gasteiger partial charge in [-0.3, -0.25) is 0 Å². The molecule has 0 aliphatic rings. The van der Waals surface area contributed by atoms with Crippen LogP contribution in [0.4, 0.5) is 5.95 Å². The first-order valence-electron chi connectivity index (χ1n) is 6.72. The molecule has 0 unspecified atom stereocenters. The van der Waals surface area contributed by atoms with Crippen LogP contribution in [-0.4, -0.2) is 26.5 Å². The number of aromatic nitrogens is 4. The predicted octanol–water partition coefficient (Wildman–Crippen LogP) is 2.44. The number of para-hydroxylation sites is 1. The van der Waals surface area contributed by atoms with E-state index in [0.717, 1.165) is 21.6 Å². The summed E-state index contributed by atoms with van der Waals surface area (Å²) in [5, 5.41) is 0.947. The van der Waals surface area contributed by atoms with Crippen molar-refractivity contribution in [3.05, 3.63) is 35.1 Å². The normalized spacial score (nSPS) is 10.9. The molecule has 0 radical (unpaired) electrons. The molecule has 0 bridgehead atoms. The van der Waals surface area contributed by atoms with Crippen LogP contribution in [0.1, 0.15) is 24.2 Å². The maximum Gasteiger partial charge on any atom is 0.321 e. The van der Waals surface area contributed by atoms with E-state index in [1.54, 1.807) is 11.3 Å². The number of nitrogens with two attached hydrogens (primary N) is 1. The Morgan fingerprint density at radius 3 is 2.81 bits per heavy atom. The van der Waals surface area contributed by atoms with Crippen LogP contribution in [-0.2, 0) is 6.42 Å². The second-order valence-corrected chi connectivity index (χ2v) is 5.61. The third-order valence-electron chi connectivity index (χ3n) is 2.76. The molecule has 0 aliphatic carbocycles. The van der Waals surface area contributed by atoms with Crippen molar-refractivity contribution in [3.63, 3.8) is 0 Å². The van der Waals surface area contributed by atoms with Crippen molar-refractivity contribution < 1.29 is 4.74 Å². The summed E-state index contributed by atoms with van der Waals surface area (Å²) >= 11 is 1.63. The average molecular weight is 301 g/mol. The van der Waals surface area contributed by atoms with E-state index in [4.69, 9.17) is 10.5 Å². The second kappa shape index (κ2) is 6.01. The van der Waals surface area contributed by atoms with E-state index in [9.17, 15) is 0 Å². The van der Waals surface area contributed by atoms with Gasteiger partial charge >= 0.3 is 6.01 Å². The second-order valence-electron chi connectivity index (χ2n) is 4.49. The van der Waals surface area contributed by atoms with Gasteiger partial charge in [-0.05, 0) is 18.6 Å². The Balaban J connectivity index is 1.84. The highest BCUT2D eigenvalue weighted by molar-refractivity contribution is 7.18. The zero-order valence-electron chi connectivity index (χ0n) is 11.6. The molecule has 0 fully saturated rings. The zero-order chi connectivity index (χ0) is 14.7. The van der Waals surface area contributed by atoms with Gasteiger partial charge in [0, 0.05) is 0 Å². The van der Waals surface area contributed by atoms with Crippen LogP contribution >= 0.6 is 11.3 Å². The third kappa shape index (κ3) is 3.25. The maximum absolute atomic E-state index is 5.70. The van der Waals surface area contributed by atoms with Gasteiger partial charge in [0.1, 0.15) is 10.8 Å². The van der Waals surface area contributed by atoms with Crippen molar-refractivity contribution >= 4 is 27.5 Å². The fourth-order valence-corrected chi connectivity index (χ4v) is 2.85. The molecule has 0 saturated heterocycles. The summed E-state index contributed by atoms with van der Waals surface area (Å²) in [6, 6.07) is 8.30. The first kappa shape index (κ1) is 13.7. The Morgan fingerprint density at radius 1 is 1.14 bits per heavy atom. The van der Waals surface area contributed by atoms with Gasteiger partial charge in [0.2, 0.25) is 5.95 Å². The summed E-state index contributed by atoms with van der Waals surface area (Å²) in [6.07, 6.45) is 1.41. The molecule has 3 aromatic rings. The summed E-state index contributed by atoms with van der Waals surface area (Å²) < 4.78 is 6.56. The fourth-order valence-electron chi connectivity index (χ4n) is 1.88. The Morgan fingerprint density at radius 2 is 2.00 bits per heavy atom. The molecular weight excluding hydrogens is 286 g/mol. The van der Waals surface area contributed by atoms with Crippen molar-refractivity contribution in [1.82, 2.24) is 19.9 Å². The molecule has 1 aromatic carbocycles.